The van der Waals surface area contributed by atoms with E-state index in [9.17, 15) is 9.59 Å². The molecule has 1 fully saturated rings. The van der Waals surface area contributed by atoms with Gasteiger partial charge in [-0.15, -0.1) is 11.3 Å². The molecule has 4 rings (SSSR count). The summed E-state index contributed by atoms with van der Waals surface area (Å²) in [5.74, 6) is 1.20. The predicted octanol–water partition coefficient (Wildman–Crippen LogP) is 4.18. The predicted molar refractivity (Wildman–Crippen MR) is 116 cm³/mol. The average molecular weight is 423 g/mol. The van der Waals surface area contributed by atoms with Crippen LogP contribution in [0.25, 0.3) is 17.5 Å². The quantitative estimate of drug-likeness (QED) is 0.623. The van der Waals surface area contributed by atoms with Gasteiger partial charge in [0.05, 0.1) is 0 Å². The summed E-state index contributed by atoms with van der Waals surface area (Å²) in [5.41, 5.74) is 1.55. The monoisotopic (exact) mass is 422 g/mol. The summed E-state index contributed by atoms with van der Waals surface area (Å²) >= 11 is 1.61. The molecule has 3 aromatic rings. The molecule has 7 nitrogen and oxygen atoms in total. The Hall–Kier alpha value is -3.26. The van der Waals surface area contributed by atoms with Crippen LogP contribution in [0.5, 0.6) is 0 Å². The number of likely N-dealkylation sites (tertiary alicyclic amines) is 1. The van der Waals surface area contributed by atoms with Crippen molar-refractivity contribution in [1.82, 2.24) is 15.0 Å². The van der Waals surface area contributed by atoms with Gasteiger partial charge in [-0.05, 0) is 54.6 Å². The number of hydrogen-bond acceptors (Lipinski definition) is 6. The topological polar surface area (TPSA) is 88.3 Å². The van der Waals surface area contributed by atoms with Gasteiger partial charge in [0.2, 0.25) is 23.5 Å². The minimum Gasteiger partial charge on any atom is -0.339 e. The second-order valence-corrected chi connectivity index (χ2v) is 8.14. The molecule has 1 aliphatic heterocycles. The maximum absolute atomic E-state index is 12.4. The number of carbonyl (C=O) groups excluding carboxylic acids is 2. The number of carbonyl (C=O) groups is 2. The molecule has 2 aromatic heterocycles. The van der Waals surface area contributed by atoms with Crippen molar-refractivity contribution in [2.24, 2.45) is 0 Å². The van der Waals surface area contributed by atoms with E-state index in [1.807, 2.05) is 40.6 Å². The first-order valence-electron chi connectivity index (χ1n) is 9.80. The number of amides is 2. The van der Waals surface area contributed by atoms with Gasteiger partial charge in [0, 0.05) is 48.1 Å². The SMILES string of the molecule is CC(=O)Nc1ccc(-c2noc(C3CCN(C(=O)C=Cc4cccs4)CC3)n2)cc1. The Kier molecular flexibility index (Phi) is 6.04. The van der Waals surface area contributed by atoms with Crippen molar-refractivity contribution in [2.45, 2.75) is 25.7 Å². The molecule has 0 atom stereocenters. The van der Waals surface area contributed by atoms with Crippen LogP contribution in [-0.2, 0) is 9.59 Å². The Labute approximate surface area is 178 Å². The number of rotatable bonds is 5. The van der Waals surface area contributed by atoms with Crippen molar-refractivity contribution < 1.29 is 14.1 Å². The summed E-state index contributed by atoms with van der Waals surface area (Å²) in [6.07, 6.45) is 5.09. The van der Waals surface area contributed by atoms with E-state index in [0.29, 0.717) is 24.8 Å². The zero-order valence-corrected chi connectivity index (χ0v) is 17.4. The first-order valence-corrected chi connectivity index (χ1v) is 10.7. The zero-order valence-electron chi connectivity index (χ0n) is 16.6. The van der Waals surface area contributed by atoms with Crippen LogP contribution in [0.4, 0.5) is 5.69 Å². The van der Waals surface area contributed by atoms with Crippen molar-refractivity contribution in [3.8, 4) is 11.4 Å². The van der Waals surface area contributed by atoms with Crippen LogP contribution in [0, 0.1) is 0 Å². The fourth-order valence-corrected chi connectivity index (χ4v) is 4.03. The maximum atomic E-state index is 12.4. The maximum Gasteiger partial charge on any atom is 0.246 e. The van der Waals surface area contributed by atoms with Gasteiger partial charge in [0.15, 0.2) is 0 Å². The summed E-state index contributed by atoms with van der Waals surface area (Å²) in [7, 11) is 0. The zero-order chi connectivity index (χ0) is 20.9. The molecular formula is C22H22N4O3S. The van der Waals surface area contributed by atoms with E-state index in [1.165, 1.54) is 6.92 Å². The molecule has 0 aliphatic carbocycles. The fraction of sp³-hybridized carbons (Fsp3) is 0.273. The minimum absolute atomic E-state index is 0.0346. The fourth-order valence-electron chi connectivity index (χ4n) is 3.42. The van der Waals surface area contributed by atoms with Crippen LogP contribution in [0.1, 0.15) is 36.5 Å². The second-order valence-electron chi connectivity index (χ2n) is 7.16. The first-order chi connectivity index (χ1) is 14.6. The van der Waals surface area contributed by atoms with Gasteiger partial charge >= 0.3 is 0 Å². The number of thiophene rings is 1. The van der Waals surface area contributed by atoms with Gasteiger partial charge in [-0.1, -0.05) is 11.2 Å². The van der Waals surface area contributed by atoms with E-state index in [1.54, 1.807) is 29.5 Å². The molecule has 1 saturated heterocycles. The summed E-state index contributed by atoms with van der Waals surface area (Å²) in [6.45, 7) is 2.81. The van der Waals surface area contributed by atoms with E-state index in [4.69, 9.17) is 4.52 Å². The number of nitrogens with one attached hydrogen (secondary N) is 1. The van der Waals surface area contributed by atoms with Crippen LogP contribution in [-0.4, -0.2) is 39.9 Å². The van der Waals surface area contributed by atoms with E-state index < -0.39 is 0 Å². The molecule has 0 spiro atoms. The lowest BCUT2D eigenvalue weighted by Gasteiger charge is -2.29. The average Bonchev–Trinajstić information content (AvgIpc) is 3.45. The van der Waals surface area contributed by atoms with E-state index >= 15 is 0 Å². The second kappa shape index (κ2) is 9.04. The molecule has 2 amide bonds. The van der Waals surface area contributed by atoms with Crippen LogP contribution in [0.15, 0.2) is 52.4 Å². The van der Waals surface area contributed by atoms with Crippen molar-refractivity contribution >= 4 is 34.9 Å². The van der Waals surface area contributed by atoms with Crippen LogP contribution in [0.3, 0.4) is 0 Å². The van der Waals surface area contributed by atoms with Crippen molar-refractivity contribution in [3.05, 3.63) is 58.6 Å². The third kappa shape index (κ3) is 4.83. The molecule has 1 aromatic carbocycles. The lowest BCUT2D eigenvalue weighted by molar-refractivity contribution is -0.127. The summed E-state index contributed by atoms with van der Waals surface area (Å²) in [4.78, 5) is 31.0. The molecule has 0 bridgehead atoms. The van der Waals surface area contributed by atoms with Crippen molar-refractivity contribution in [1.29, 1.82) is 0 Å². The molecule has 1 aliphatic rings. The van der Waals surface area contributed by atoms with E-state index in [0.717, 1.165) is 29.0 Å². The minimum atomic E-state index is -0.114. The van der Waals surface area contributed by atoms with Gasteiger partial charge in [-0.2, -0.15) is 4.98 Å². The first kappa shape index (κ1) is 20.0. The molecule has 0 radical (unpaired) electrons. The Bertz CT molecular complexity index is 1030. The van der Waals surface area contributed by atoms with E-state index in [2.05, 4.69) is 15.5 Å². The Morgan fingerprint density at radius 1 is 1.20 bits per heavy atom. The molecular weight excluding hydrogens is 400 g/mol. The smallest absolute Gasteiger partial charge is 0.246 e. The number of anilines is 1. The van der Waals surface area contributed by atoms with Crippen LogP contribution < -0.4 is 5.32 Å². The molecule has 0 unspecified atom stereocenters. The van der Waals surface area contributed by atoms with Crippen LogP contribution >= 0.6 is 11.3 Å². The standard InChI is InChI=1S/C22H22N4O3S/c1-15(27)23-18-6-4-16(5-7-18)21-24-22(29-25-21)17-10-12-26(13-11-17)20(28)9-8-19-3-2-14-30-19/h2-9,14,17H,10-13H2,1H3,(H,23,27). The van der Waals surface area contributed by atoms with E-state index in [-0.39, 0.29) is 17.7 Å². The third-order valence-electron chi connectivity index (χ3n) is 4.99. The Balaban J connectivity index is 1.34. The highest BCUT2D eigenvalue weighted by atomic mass is 32.1. The lowest BCUT2D eigenvalue weighted by Crippen LogP contribution is -2.36. The highest BCUT2D eigenvalue weighted by Crippen LogP contribution is 2.29. The highest BCUT2D eigenvalue weighted by molar-refractivity contribution is 7.10. The van der Waals surface area contributed by atoms with Gasteiger partial charge < -0.3 is 14.7 Å². The molecule has 1 N–H and O–H groups in total. The Morgan fingerprint density at radius 2 is 1.97 bits per heavy atom. The number of aromatic nitrogens is 2. The highest BCUT2D eigenvalue weighted by Gasteiger charge is 2.27. The summed E-state index contributed by atoms with van der Waals surface area (Å²) in [6, 6.07) is 11.3. The van der Waals surface area contributed by atoms with Gasteiger partial charge in [0.1, 0.15) is 0 Å². The van der Waals surface area contributed by atoms with Crippen LogP contribution in [0.2, 0.25) is 0 Å². The number of hydrogen-bond donors (Lipinski definition) is 1. The molecule has 3 heterocycles. The molecule has 8 heteroatoms. The normalized spacial score (nSPS) is 14.9. The largest absolute Gasteiger partial charge is 0.339 e. The van der Waals surface area contributed by atoms with Crippen molar-refractivity contribution in [3.63, 3.8) is 0 Å². The molecule has 30 heavy (non-hydrogen) atoms. The number of piperidine rings is 1. The summed E-state index contributed by atoms with van der Waals surface area (Å²) in [5, 5.41) is 8.82. The lowest BCUT2D eigenvalue weighted by atomic mass is 9.96. The Morgan fingerprint density at radius 3 is 2.63 bits per heavy atom. The third-order valence-corrected chi connectivity index (χ3v) is 5.83. The summed E-state index contributed by atoms with van der Waals surface area (Å²) < 4.78 is 5.50. The van der Waals surface area contributed by atoms with Crippen molar-refractivity contribution in [2.75, 3.05) is 18.4 Å². The number of nitrogens with zero attached hydrogens (tertiary/aromatic N) is 3. The molecule has 0 saturated carbocycles. The van der Waals surface area contributed by atoms with Gasteiger partial charge in [-0.3, -0.25) is 9.59 Å². The van der Waals surface area contributed by atoms with Gasteiger partial charge in [-0.25, -0.2) is 0 Å². The number of benzene rings is 1. The van der Waals surface area contributed by atoms with Gasteiger partial charge in [0.25, 0.3) is 0 Å². The molecule has 154 valence electrons.